The molecule has 0 atom stereocenters. The van der Waals surface area contributed by atoms with Crippen molar-refractivity contribution in [3.63, 3.8) is 0 Å². The van der Waals surface area contributed by atoms with Gasteiger partial charge in [-0.2, -0.15) is 0 Å². The molecule has 0 aromatic carbocycles. The summed E-state index contributed by atoms with van der Waals surface area (Å²) in [6, 6.07) is 0. The number of hydrogen-bond donors (Lipinski definition) is 0. The molecule has 0 bridgehead atoms. The average Bonchev–Trinajstić information content (AvgIpc) is 1.81. The van der Waals surface area contributed by atoms with E-state index >= 15 is 0 Å². The Balaban J connectivity index is 4.61. The smallest absolute Gasteiger partial charge is 0.0635 e. The van der Waals surface area contributed by atoms with Gasteiger partial charge in [-0.3, -0.25) is 4.99 Å². The number of aliphatic imine (C=N–C) groups is 1. The van der Waals surface area contributed by atoms with Crippen LogP contribution < -0.4 is 0 Å². The first-order valence-electron chi connectivity index (χ1n) is 3.41. The lowest BCUT2D eigenvalue weighted by molar-refractivity contribution is 1.20. The largest absolute Gasteiger partial charge is 0.261 e. The molecule has 0 saturated heterocycles. The zero-order chi connectivity index (χ0) is 8.15. The van der Waals surface area contributed by atoms with E-state index in [2.05, 4.69) is 11.6 Å². The predicted molar refractivity (Wildman–Crippen MR) is 47.4 cm³/mol. The van der Waals surface area contributed by atoms with Crippen molar-refractivity contribution in [1.29, 1.82) is 0 Å². The van der Waals surface area contributed by atoms with E-state index in [1.165, 1.54) is 5.57 Å². The van der Waals surface area contributed by atoms with Gasteiger partial charge in [0.25, 0.3) is 0 Å². The van der Waals surface area contributed by atoms with Gasteiger partial charge in [-0.15, -0.1) is 0 Å². The first kappa shape index (κ1) is 9.15. The molecular formula is C9H15N. The topological polar surface area (TPSA) is 12.4 Å². The van der Waals surface area contributed by atoms with Crippen molar-refractivity contribution >= 4 is 6.21 Å². The SMILES string of the molecule is C=C(C)C(N=CC)=C(C)C. The van der Waals surface area contributed by atoms with E-state index in [1.54, 1.807) is 6.21 Å². The van der Waals surface area contributed by atoms with Crippen molar-refractivity contribution in [2.24, 2.45) is 4.99 Å². The third-order valence-corrected chi connectivity index (χ3v) is 1.14. The predicted octanol–water partition coefficient (Wildman–Crippen LogP) is 2.95. The van der Waals surface area contributed by atoms with E-state index in [9.17, 15) is 0 Å². The quantitative estimate of drug-likeness (QED) is 0.410. The summed E-state index contributed by atoms with van der Waals surface area (Å²) in [4.78, 5) is 4.18. The summed E-state index contributed by atoms with van der Waals surface area (Å²) < 4.78 is 0. The Morgan fingerprint density at radius 2 is 1.80 bits per heavy atom. The summed E-state index contributed by atoms with van der Waals surface area (Å²) in [5.74, 6) is 0. The van der Waals surface area contributed by atoms with Crippen LogP contribution in [0.2, 0.25) is 0 Å². The van der Waals surface area contributed by atoms with Crippen molar-refractivity contribution in [2.45, 2.75) is 27.7 Å². The minimum atomic E-state index is 1.02. The Morgan fingerprint density at radius 1 is 1.30 bits per heavy atom. The normalized spacial score (nSPS) is 10.0. The molecule has 0 aliphatic rings. The fourth-order valence-electron chi connectivity index (χ4n) is 0.795. The molecule has 0 aliphatic heterocycles. The fourth-order valence-corrected chi connectivity index (χ4v) is 0.795. The van der Waals surface area contributed by atoms with Gasteiger partial charge in [0.1, 0.15) is 0 Å². The highest BCUT2D eigenvalue weighted by Crippen LogP contribution is 2.12. The third-order valence-electron chi connectivity index (χ3n) is 1.14. The minimum Gasteiger partial charge on any atom is -0.261 e. The Hall–Kier alpha value is -0.850. The summed E-state index contributed by atoms with van der Waals surface area (Å²) in [6.45, 7) is 11.8. The highest BCUT2D eigenvalue weighted by Gasteiger charge is 1.94. The number of rotatable bonds is 2. The van der Waals surface area contributed by atoms with Crippen molar-refractivity contribution < 1.29 is 0 Å². The van der Waals surface area contributed by atoms with E-state index < -0.39 is 0 Å². The molecule has 0 fully saturated rings. The molecule has 0 radical (unpaired) electrons. The van der Waals surface area contributed by atoms with Crippen LogP contribution in [0.25, 0.3) is 0 Å². The molecule has 0 saturated carbocycles. The molecule has 0 spiro atoms. The van der Waals surface area contributed by atoms with E-state index in [0.717, 1.165) is 11.3 Å². The van der Waals surface area contributed by atoms with Gasteiger partial charge in [-0.25, -0.2) is 0 Å². The van der Waals surface area contributed by atoms with Gasteiger partial charge in [-0.05, 0) is 33.3 Å². The second-order valence-corrected chi connectivity index (χ2v) is 2.52. The highest BCUT2D eigenvalue weighted by molar-refractivity contribution is 5.57. The van der Waals surface area contributed by atoms with E-state index in [1.807, 2.05) is 27.7 Å². The molecule has 10 heavy (non-hydrogen) atoms. The Kier molecular flexibility index (Phi) is 3.70. The minimum absolute atomic E-state index is 1.02. The fraction of sp³-hybridized carbons (Fsp3) is 0.444. The lowest BCUT2D eigenvalue weighted by Crippen LogP contribution is -1.83. The maximum absolute atomic E-state index is 4.18. The molecular weight excluding hydrogens is 122 g/mol. The van der Waals surface area contributed by atoms with Gasteiger partial charge in [0, 0.05) is 6.21 Å². The molecule has 0 rings (SSSR count). The molecule has 0 N–H and O–H groups in total. The van der Waals surface area contributed by atoms with Crippen molar-refractivity contribution in [3.05, 3.63) is 23.4 Å². The summed E-state index contributed by atoms with van der Waals surface area (Å²) in [5, 5.41) is 0. The van der Waals surface area contributed by atoms with Gasteiger partial charge in [0.05, 0.1) is 5.70 Å². The first-order chi connectivity index (χ1) is 4.59. The molecule has 0 heterocycles. The molecule has 1 nitrogen and oxygen atoms in total. The average molecular weight is 137 g/mol. The third kappa shape index (κ3) is 2.62. The zero-order valence-electron chi connectivity index (χ0n) is 7.23. The molecule has 0 aliphatic carbocycles. The summed E-state index contributed by atoms with van der Waals surface area (Å²) >= 11 is 0. The molecule has 1 heteroatoms. The van der Waals surface area contributed by atoms with Crippen LogP contribution in [0.1, 0.15) is 27.7 Å². The van der Waals surface area contributed by atoms with Gasteiger partial charge in [0.15, 0.2) is 0 Å². The summed E-state index contributed by atoms with van der Waals surface area (Å²) in [6.07, 6.45) is 1.79. The molecule has 0 aromatic rings. The maximum Gasteiger partial charge on any atom is 0.0635 e. The van der Waals surface area contributed by atoms with E-state index in [-0.39, 0.29) is 0 Å². The van der Waals surface area contributed by atoms with Gasteiger partial charge < -0.3 is 0 Å². The molecule has 0 unspecified atom stereocenters. The second kappa shape index (κ2) is 4.04. The van der Waals surface area contributed by atoms with Crippen molar-refractivity contribution in [3.8, 4) is 0 Å². The number of hydrogen-bond acceptors (Lipinski definition) is 1. The molecule has 56 valence electrons. The zero-order valence-corrected chi connectivity index (χ0v) is 7.23. The van der Waals surface area contributed by atoms with Crippen LogP contribution in [0, 0.1) is 0 Å². The van der Waals surface area contributed by atoms with Crippen LogP contribution in [-0.4, -0.2) is 6.21 Å². The monoisotopic (exact) mass is 137 g/mol. The van der Waals surface area contributed by atoms with Crippen LogP contribution in [-0.2, 0) is 0 Å². The molecule has 0 amide bonds. The summed E-state index contributed by atoms with van der Waals surface area (Å²) in [5.41, 5.74) is 3.26. The standard InChI is InChI=1S/C9H15N/c1-6-10-9(7(2)3)8(4)5/h6H,2H2,1,3-5H3. The Labute approximate surface area is 63.2 Å². The van der Waals surface area contributed by atoms with Crippen LogP contribution >= 0.6 is 0 Å². The van der Waals surface area contributed by atoms with Crippen molar-refractivity contribution in [2.75, 3.05) is 0 Å². The summed E-state index contributed by atoms with van der Waals surface area (Å²) in [7, 11) is 0. The Bertz CT molecular complexity index is 181. The highest BCUT2D eigenvalue weighted by atomic mass is 14.7. The Morgan fingerprint density at radius 3 is 1.90 bits per heavy atom. The van der Waals surface area contributed by atoms with E-state index in [4.69, 9.17) is 0 Å². The van der Waals surface area contributed by atoms with Gasteiger partial charge in [0.2, 0.25) is 0 Å². The van der Waals surface area contributed by atoms with Crippen molar-refractivity contribution in [1.82, 2.24) is 0 Å². The van der Waals surface area contributed by atoms with Crippen LogP contribution in [0.15, 0.2) is 28.4 Å². The van der Waals surface area contributed by atoms with Gasteiger partial charge in [-0.1, -0.05) is 12.2 Å². The van der Waals surface area contributed by atoms with Crippen LogP contribution in [0.4, 0.5) is 0 Å². The first-order valence-corrected chi connectivity index (χ1v) is 3.41. The lowest BCUT2D eigenvalue weighted by atomic mass is 10.1. The van der Waals surface area contributed by atoms with Gasteiger partial charge >= 0.3 is 0 Å². The maximum atomic E-state index is 4.18. The number of nitrogens with zero attached hydrogens (tertiary/aromatic N) is 1. The van der Waals surface area contributed by atoms with Crippen LogP contribution in [0.3, 0.4) is 0 Å². The van der Waals surface area contributed by atoms with E-state index in [0.29, 0.717) is 0 Å². The second-order valence-electron chi connectivity index (χ2n) is 2.52. The lowest BCUT2D eigenvalue weighted by Gasteiger charge is -2.01. The number of allylic oxidation sites excluding steroid dienone is 2. The van der Waals surface area contributed by atoms with Crippen LogP contribution in [0.5, 0.6) is 0 Å². The molecule has 0 aromatic heterocycles.